The molecule has 3 rings (SSSR count). The number of hydrogen-bond acceptors (Lipinski definition) is 3. The highest BCUT2D eigenvalue weighted by Gasteiger charge is 2.34. The summed E-state index contributed by atoms with van der Waals surface area (Å²) in [5, 5.41) is 3.89. The van der Waals surface area contributed by atoms with Crippen LogP contribution in [-0.4, -0.2) is 19.5 Å². The van der Waals surface area contributed by atoms with Crippen molar-refractivity contribution in [1.82, 2.24) is 5.32 Å². The Bertz CT molecular complexity index is 751. The molecule has 3 nitrogen and oxygen atoms in total. The summed E-state index contributed by atoms with van der Waals surface area (Å²) >= 11 is 12.0. The van der Waals surface area contributed by atoms with E-state index in [4.69, 9.17) is 27.9 Å². The van der Waals surface area contributed by atoms with Gasteiger partial charge in [-0.05, 0) is 29.8 Å². The van der Waals surface area contributed by atoms with E-state index in [0.29, 0.717) is 23.1 Å². The molecule has 25 heavy (non-hydrogen) atoms. The Labute approximate surface area is 152 Å². The highest BCUT2D eigenvalue weighted by molar-refractivity contribution is 6.42. The van der Waals surface area contributed by atoms with Crippen molar-refractivity contribution >= 4 is 23.2 Å². The van der Waals surface area contributed by atoms with E-state index in [0.717, 1.165) is 5.56 Å². The summed E-state index contributed by atoms with van der Waals surface area (Å²) in [7, 11) is 0. The standard InChI is InChI=1S/C17H14Cl2F3NO2/c18-12-6-5-10(7-13(12)19)16(11-8-23-9-11)24-14-3-1-2-4-15(14)25-17(20,21)22/h1-7,11,16,23H,8-9H2/t16-/m0/s1. The van der Waals surface area contributed by atoms with Crippen molar-refractivity contribution in [3.63, 3.8) is 0 Å². The number of halogens is 5. The first-order chi connectivity index (χ1) is 11.8. The summed E-state index contributed by atoms with van der Waals surface area (Å²) in [6, 6.07) is 10.8. The maximum atomic E-state index is 12.6. The summed E-state index contributed by atoms with van der Waals surface area (Å²) in [5.41, 5.74) is 0.739. The van der Waals surface area contributed by atoms with Gasteiger partial charge in [0, 0.05) is 19.0 Å². The van der Waals surface area contributed by atoms with Crippen LogP contribution in [0.3, 0.4) is 0 Å². The van der Waals surface area contributed by atoms with E-state index >= 15 is 0 Å². The smallest absolute Gasteiger partial charge is 0.481 e. The Morgan fingerprint density at radius 1 is 1.00 bits per heavy atom. The van der Waals surface area contributed by atoms with Crippen LogP contribution in [0.4, 0.5) is 13.2 Å². The van der Waals surface area contributed by atoms with Crippen LogP contribution in [-0.2, 0) is 0 Å². The molecule has 2 aromatic carbocycles. The average Bonchev–Trinajstić information content (AvgIpc) is 2.48. The maximum Gasteiger partial charge on any atom is 0.573 e. The van der Waals surface area contributed by atoms with E-state index in [1.807, 2.05) is 0 Å². The molecule has 1 aliphatic rings. The van der Waals surface area contributed by atoms with Crippen LogP contribution in [0.2, 0.25) is 10.0 Å². The third-order valence-corrected chi connectivity index (χ3v) is 4.58. The first-order valence-corrected chi connectivity index (χ1v) is 8.26. The molecule has 0 aliphatic carbocycles. The van der Waals surface area contributed by atoms with E-state index in [2.05, 4.69) is 10.1 Å². The highest BCUT2D eigenvalue weighted by atomic mass is 35.5. The van der Waals surface area contributed by atoms with Crippen molar-refractivity contribution in [2.75, 3.05) is 13.1 Å². The molecule has 8 heteroatoms. The molecule has 0 radical (unpaired) electrons. The number of hydrogen-bond donors (Lipinski definition) is 1. The molecule has 0 bridgehead atoms. The molecule has 0 saturated carbocycles. The average molecular weight is 392 g/mol. The predicted octanol–water partition coefficient (Wildman–Crippen LogP) is 5.23. The fraction of sp³-hybridized carbons (Fsp3) is 0.294. The summed E-state index contributed by atoms with van der Waals surface area (Å²) in [6.07, 6.45) is -5.27. The molecule has 1 aliphatic heterocycles. The number of alkyl halides is 3. The second kappa shape index (κ2) is 7.32. The summed E-state index contributed by atoms with van der Waals surface area (Å²) in [6.45, 7) is 1.38. The van der Waals surface area contributed by atoms with E-state index in [9.17, 15) is 13.2 Å². The second-order valence-corrected chi connectivity index (χ2v) is 6.44. The second-order valence-electron chi connectivity index (χ2n) is 5.62. The highest BCUT2D eigenvalue weighted by Crippen LogP contribution is 2.38. The minimum atomic E-state index is -4.80. The molecule has 2 aromatic rings. The first kappa shape index (κ1) is 18.2. The lowest BCUT2D eigenvalue weighted by molar-refractivity contribution is -0.275. The van der Waals surface area contributed by atoms with Crippen molar-refractivity contribution in [3.05, 3.63) is 58.1 Å². The minimum Gasteiger partial charge on any atom is -0.481 e. The zero-order valence-corrected chi connectivity index (χ0v) is 14.3. The molecular formula is C17H14Cl2F3NO2. The van der Waals surface area contributed by atoms with E-state index in [1.54, 1.807) is 24.3 Å². The van der Waals surface area contributed by atoms with Gasteiger partial charge >= 0.3 is 6.36 Å². The van der Waals surface area contributed by atoms with Gasteiger partial charge in [-0.25, -0.2) is 0 Å². The molecule has 134 valence electrons. The van der Waals surface area contributed by atoms with Crippen LogP contribution < -0.4 is 14.8 Å². The lowest BCUT2D eigenvalue weighted by atomic mass is 9.91. The maximum absolute atomic E-state index is 12.6. The van der Waals surface area contributed by atoms with Gasteiger partial charge in [0.15, 0.2) is 11.5 Å². The third kappa shape index (κ3) is 4.51. The molecule has 1 atom stereocenters. The quantitative estimate of drug-likeness (QED) is 0.756. The van der Waals surface area contributed by atoms with Crippen molar-refractivity contribution in [3.8, 4) is 11.5 Å². The van der Waals surface area contributed by atoms with Gasteiger partial charge in [-0.3, -0.25) is 0 Å². The molecule has 1 saturated heterocycles. The SMILES string of the molecule is FC(F)(F)Oc1ccccc1O[C@@H](c1ccc(Cl)c(Cl)c1)C1CNC1. The van der Waals surface area contributed by atoms with Crippen LogP contribution in [0.5, 0.6) is 11.5 Å². The number of para-hydroxylation sites is 2. The van der Waals surface area contributed by atoms with Gasteiger partial charge in [-0.1, -0.05) is 41.4 Å². The Morgan fingerprint density at radius 3 is 2.24 bits per heavy atom. The summed E-state index contributed by atoms with van der Waals surface area (Å²) in [4.78, 5) is 0. The Morgan fingerprint density at radius 2 is 1.68 bits per heavy atom. The van der Waals surface area contributed by atoms with Gasteiger partial charge in [0.2, 0.25) is 0 Å². The number of ether oxygens (including phenoxy) is 2. The third-order valence-electron chi connectivity index (χ3n) is 3.84. The lowest BCUT2D eigenvalue weighted by Crippen LogP contribution is -2.46. The lowest BCUT2D eigenvalue weighted by Gasteiger charge is -2.35. The normalized spacial score (nSPS) is 16.2. The molecule has 0 unspecified atom stereocenters. The molecule has 0 aromatic heterocycles. The topological polar surface area (TPSA) is 30.5 Å². The van der Waals surface area contributed by atoms with Crippen LogP contribution in [0.25, 0.3) is 0 Å². The minimum absolute atomic E-state index is 0.0165. The van der Waals surface area contributed by atoms with Gasteiger partial charge in [0.05, 0.1) is 10.0 Å². The van der Waals surface area contributed by atoms with Gasteiger partial charge < -0.3 is 14.8 Å². The van der Waals surface area contributed by atoms with Crippen molar-refractivity contribution < 1.29 is 22.6 Å². The van der Waals surface area contributed by atoms with Crippen LogP contribution in [0, 0.1) is 5.92 Å². The fourth-order valence-electron chi connectivity index (χ4n) is 2.54. The Balaban J connectivity index is 1.90. The van der Waals surface area contributed by atoms with E-state index in [-0.39, 0.29) is 17.4 Å². The molecule has 1 N–H and O–H groups in total. The van der Waals surface area contributed by atoms with E-state index < -0.39 is 12.5 Å². The largest absolute Gasteiger partial charge is 0.573 e. The summed E-state index contributed by atoms with van der Waals surface area (Å²) < 4.78 is 47.8. The van der Waals surface area contributed by atoms with Gasteiger partial charge in [0.25, 0.3) is 0 Å². The molecule has 1 fully saturated rings. The monoisotopic (exact) mass is 391 g/mol. The summed E-state index contributed by atoms with van der Waals surface area (Å²) in [5.74, 6) is -0.272. The fourth-order valence-corrected chi connectivity index (χ4v) is 2.85. The Kier molecular flexibility index (Phi) is 5.32. The van der Waals surface area contributed by atoms with Crippen LogP contribution in [0.15, 0.2) is 42.5 Å². The molecule has 1 heterocycles. The molecule has 0 spiro atoms. The Hall–Kier alpha value is -1.63. The molecular weight excluding hydrogens is 378 g/mol. The van der Waals surface area contributed by atoms with Crippen molar-refractivity contribution in [2.24, 2.45) is 5.92 Å². The van der Waals surface area contributed by atoms with Gasteiger partial charge in [0.1, 0.15) is 6.10 Å². The zero-order valence-electron chi connectivity index (χ0n) is 12.8. The predicted molar refractivity (Wildman–Crippen MR) is 89.3 cm³/mol. The number of nitrogens with one attached hydrogen (secondary N) is 1. The van der Waals surface area contributed by atoms with Crippen LogP contribution >= 0.6 is 23.2 Å². The van der Waals surface area contributed by atoms with Gasteiger partial charge in [-0.2, -0.15) is 0 Å². The first-order valence-electron chi connectivity index (χ1n) is 7.50. The van der Waals surface area contributed by atoms with Gasteiger partial charge in [-0.15, -0.1) is 13.2 Å². The zero-order chi connectivity index (χ0) is 18.0. The van der Waals surface area contributed by atoms with Crippen molar-refractivity contribution in [1.29, 1.82) is 0 Å². The van der Waals surface area contributed by atoms with Crippen molar-refractivity contribution in [2.45, 2.75) is 12.5 Å². The number of rotatable bonds is 5. The van der Waals surface area contributed by atoms with E-state index in [1.165, 1.54) is 18.2 Å². The molecule has 0 amide bonds. The number of benzene rings is 2. The van der Waals surface area contributed by atoms with Crippen LogP contribution in [0.1, 0.15) is 11.7 Å².